The molecule has 1 fully saturated rings. The molecule has 0 aromatic carbocycles. The first-order valence-electron chi connectivity index (χ1n) is 4.18. The van der Waals surface area contributed by atoms with Crippen molar-refractivity contribution in [3.63, 3.8) is 0 Å². The Morgan fingerprint density at radius 1 is 1.58 bits per heavy atom. The minimum Gasteiger partial charge on any atom is -0.358 e. The van der Waals surface area contributed by atoms with E-state index < -0.39 is 0 Å². The van der Waals surface area contributed by atoms with Crippen molar-refractivity contribution in [2.45, 2.75) is 25.5 Å². The van der Waals surface area contributed by atoms with Gasteiger partial charge in [0.2, 0.25) is 0 Å². The molecule has 1 aliphatic heterocycles. The summed E-state index contributed by atoms with van der Waals surface area (Å²) in [7, 11) is 0. The van der Waals surface area contributed by atoms with Crippen LogP contribution in [0.2, 0.25) is 0 Å². The predicted octanol–water partition coefficient (Wildman–Crippen LogP) is 2.34. The van der Waals surface area contributed by atoms with Crippen molar-refractivity contribution >= 4 is 15.9 Å². The number of ether oxygens (including phenoxy) is 1. The minimum atomic E-state index is 0.190. The molecule has 0 spiro atoms. The summed E-state index contributed by atoms with van der Waals surface area (Å²) in [6, 6.07) is 0. The number of halogens is 1. The second-order valence-corrected chi connectivity index (χ2v) is 3.63. The molecule has 0 saturated carbocycles. The molecule has 1 saturated heterocycles. The van der Waals surface area contributed by atoms with Crippen molar-refractivity contribution in [3.8, 4) is 0 Å². The van der Waals surface area contributed by atoms with Gasteiger partial charge in [-0.15, -0.1) is 0 Å². The number of hydrogen-bond acceptors (Lipinski definition) is 2. The van der Waals surface area contributed by atoms with Crippen LogP contribution in [0.1, 0.15) is 25.5 Å². The summed E-state index contributed by atoms with van der Waals surface area (Å²) in [6.07, 6.45) is 7.44. The lowest BCUT2D eigenvalue weighted by Gasteiger charge is -2.24. The van der Waals surface area contributed by atoms with Crippen molar-refractivity contribution in [2.75, 3.05) is 6.61 Å². The molecule has 2 rings (SSSR count). The average molecular weight is 231 g/mol. The van der Waals surface area contributed by atoms with Crippen molar-refractivity contribution in [1.82, 2.24) is 9.55 Å². The van der Waals surface area contributed by atoms with E-state index in [1.54, 1.807) is 6.20 Å². The molecular formula is C8H11BrN2O. The van der Waals surface area contributed by atoms with Crippen LogP contribution in [0.15, 0.2) is 17.1 Å². The molecule has 2 heterocycles. The highest BCUT2D eigenvalue weighted by molar-refractivity contribution is 9.10. The second kappa shape index (κ2) is 3.58. The standard InChI is InChI=1S/C8H11BrN2O/c9-8-10-4-5-11(8)7-3-1-2-6-12-7/h4-5,7H,1-3,6H2. The molecule has 1 atom stereocenters. The summed E-state index contributed by atoms with van der Waals surface area (Å²) in [5, 5.41) is 0. The first kappa shape index (κ1) is 8.26. The number of hydrogen-bond donors (Lipinski definition) is 0. The molecule has 0 bridgehead atoms. The van der Waals surface area contributed by atoms with Gasteiger partial charge in [-0.3, -0.25) is 4.57 Å². The van der Waals surface area contributed by atoms with E-state index in [-0.39, 0.29) is 6.23 Å². The first-order valence-corrected chi connectivity index (χ1v) is 4.97. The molecule has 3 nitrogen and oxygen atoms in total. The summed E-state index contributed by atoms with van der Waals surface area (Å²) in [4.78, 5) is 4.09. The average Bonchev–Trinajstić information content (AvgIpc) is 2.53. The van der Waals surface area contributed by atoms with Crippen molar-refractivity contribution in [3.05, 3.63) is 17.1 Å². The fourth-order valence-electron chi connectivity index (χ4n) is 1.45. The van der Waals surface area contributed by atoms with Crippen LogP contribution in [-0.4, -0.2) is 16.2 Å². The van der Waals surface area contributed by atoms with E-state index >= 15 is 0 Å². The molecule has 0 aliphatic carbocycles. The zero-order valence-corrected chi connectivity index (χ0v) is 8.33. The molecule has 4 heteroatoms. The highest BCUT2D eigenvalue weighted by Gasteiger charge is 2.16. The Bertz CT molecular complexity index is 255. The highest BCUT2D eigenvalue weighted by atomic mass is 79.9. The van der Waals surface area contributed by atoms with E-state index in [9.17, 15) is 0 Å². The third-order valence-corrected chi connectivity index (χ3v) is 2.70. The van der Waals surface area contributed by atoms with Crippen molar-refractivity contribution in [1.29, 1.82) is 0 Å². The van der Waals surface area contributed by atoms with Crippen LogP contribution in [0.25, 0.3) is 0 Å². The van der Waals surface area contributed by atoms with E-state index in [2.05, 4.69) is 20.9 Å². The molecule has 1 unspecified atom stereocenters. The largest absolute Gasteiger partial charge is 0.358 e. The van der Waals surface area contributed by atoms with Gasteiger partial charge in [0.1, 0.15) is 6.23 Å². The molecule has 66 valence electrons. The third-order valence-electron chi connectivity index (χ3n) is 2.09. The zero-order chi connectivity index (χ0) is 8.39. The van der Waals surface area contributed by atoms with Gasteiger partial charge in [0.15, 0.2) is 4.73 Å². The van der Waals surface area contributed by atoms with E-state index in [1.165, 1.54) is 12.8 Å². The van der Waals surface area contributed by atoms with Crippen LogP contribution < -0.4 is 0 Å². The van der Waals surface area contributed by atoms with Crippen LogP contribution in [0.3, 0.4) is 0 Å². The fraction of sp³-hybridized carbons (Fsp3) is 0.625. The monoisotopic (exact) mass is 230 g/mol. The maximum Gasteiger partial charge on any atom is 0.179 e. The van der Waals surface area contributed by atoms with Gasteiger partial charge in [0.05, 0.1) is 0 Å². The molecule has 0 amide bonds. The molecule has 0 radical (unpaired) electrons. The molecule has 0 N–H and O–H groups in total. The Kier molecular flexibility index (Phi) is 2.46. The van der Waals surface area contributed by atoms with E-state index in [1.807, 2.05) is 10.8 Å². The van der Waals surface area contributed by atoms with Crippen LogP contribution in [-0.2, 0) is 4.74 Å². The highest BCUT2D eigenvalue weighted by Crippen LogP contribution is 2.24. The third kappa shape index (κ3) is 1.54. The Labute approximate surface area is 79.9 Å². The topological polar surface area (TPSA) is 27.1 Å². The Morgan fingerprint density at radius 3 is 3.08 bits per heavy atom. The second-order valence-electron chi connectivity index (χ2n) is 2.92. The molecule has 1 aromatic heterocycles. The van der Waals surface area contributed by atoms with Gasteiger partial charge in [0.25, 0.3) is 0 Å². The summed E-state index contributed by atoms with van der Waals surface area (Å²) < 4.78 is 8.48. The summed E-state index contributed by atoms with van der Waals surface area (Å²) in [5.74, 6) is 0. The lowest BCUT2D eigenvalue weighted by Crippen LogP contribution is -2.17. The van der Waals surface area contributed by atoms with Crippen molar-refractivity contribution in [2.24, 2.45) is 0 Å². The number of aromatic nitrogens is 2. The van der Waals surface area contributed by atoms with Gasteiger partial charge in [-0.2, -0.15) is 0 Å². The van der Waals surface area contributed by atoms with Crippen molar-refractivity contribution < 1.29 is 4.74 Å². The van der Waals surface area contributed by atoms with Crippen LogP contribution >= 0.6 is 15.9 Å². The molecular weight excluding hydrogens is 220 g/mol. The Balaban J connectivity index is 2.13. The predicted molar refractivity (Wildman–Crippen MR) is 48.8 cm³/mol. The van der Waals surface area contributed by atoms with Gasteiger partial charge in [0, 0.05) is 19.0 Å². The molecule has 1 aliphatic rings. The van der Waals surface area contributed by atoms with Gasteiger partial charge in [-0.05, 0) is 35.2 Å². The SMILES string of the molecule is Brc1nccn1C1CCCCO1. The van der Waals surface area contributed by atoms with Gasteiger partial charge in [-0.25, -0.2) is 4.98 Å². The van der Waals surface area contributed by atoms with E-state index in [0.29, 0.717) is 0 Å². The number of imidazole rings is 1. The lowest BCUT2D eigenvalue weighted by molar-refractivity contribution is -0.0333. The summed E-state index contributed by atoms with van der Waals surface area (Å²) >= 11 is 3.37. The van der Waals surface area contributed by atoms with Gasteiger partial charge >= 0.3 is 0 Å². The Hall–Kier alpha value is -0.350. The lowest BCUT2D eigenvalue weighted by atomic mass is 10.2. The van der Waals surface area contributed by atoms with Crippen LogP contribution in [0.5, 0.6) is 0 Å². The van der Waals surface area contributed by atoms with Gasteiger partial charge in [-0.1, -0.05) is 0 Å². The van der Waals surface area contributed by atoms with Crippen LogP contribution in [0.4, 0.5) is 0 Å². The number of rotatable bonds is 1. The maximum atomic E-state index is 5.60. The Morgan fingerprint density at radius 2 is 2.50 bits per heavy atom. The molecule has 12 heavy (non-hydrogen) atoms. The minimum absolute atomic E-state index is 0.190. The molecule has 1 aromatic rings. The number of nitrogens with zero attached hydrogens (tertiary/aromatic N) is 2. The van der Waals surface area contributed by atoms with E-state index in [0.717, 1.165) is 17.8 Å². The normalized spacial score (nSPS) is 24.2. The first-order chi connectivity index (χ1) is 5.88. The zero-order valence-electron chi connectivity index (χ0n) is 6.74. The smallest absolute Gasteiger partial charge is 0.179 e. The summed E-state index contributed by atoms with van der Waals surface area (Å²) in [6.45, 7) is 0.870. The quantitative estimate of drug-likeness (QED) is 0.741. The van der Waals surface area contributed by atoms with E-state index in [4.69, 9.17) is 4.74 Å². The summed E-state index contributed by atoms with van der Waals surface area (Å²) in [5.41, 5.74) is 0. The van der Waals surface area contributed by atoms with Gasteiger partial charge < -0.3 is 4.74 Å². The fourth-order valence-corrected chi connectivity index (χ4v) is 1.92. The van der Waals surface area contributed by atoms with Crippen LogP contribution in [0, 0.1) is 0 Å². The maximum absolute atomic E-state index is 5.60.